The average Bonchev–Trinajstić information content (AvgIpc) is 2.66. The summed E-state index contributed by atoms with van der Waals surface area (Å²) in [6.45, 7) is -0.583. The normalized spacial score (nSPS) is 10.9. The van der Waals surface area contributed by atoms with E-state index in [0.717, 1.165) is 0 Å². The minimum absolute atomic E-state index is 0.119. The molecule has 0 saturated carbocycles. The number of hydrogen-bond donors (Lipinski definition) is 1. The number of esters is 1. The molecule has 0 unspecified atom stereocenters. The average molecular weight is 423 g/mol. The van der Waals surface area contributed by atoms with Crippen molar-refractivity contribution in [3.05, 3.63) is 65.3 Å². The molecular weight excluding hydrogens is 410 g/mol. The number of halogens is 3. The van der Waals surface area contributed by atoms with Gasteiger partial charge in [-0.3, -0.25) is 4.79 Å². The Hall–Kier alpha value is -2.71. The molecule has 3 aromatic rings. The fraction of sp³-hybridized carbons (Fsp3) is 0.105. The molecule has 0 radical (unpaired) electrons. The SMILES string of the molecule is O=C(COC(=O)c1cc(Cl)nc2ccccc12)Nc1ccccc1SC(F)F. The maximum absolute atomic E-state index is 12.6. The highest BCUT2D eigenvalue weighted by Crippen LogP contribution is 2.31. The first-order valence-electron chi connectivity index (χ1n) is 8.00. The number of thioether (sulfide) groups is 1. The lowest BCUT2D eigenvalue weighted by Gasteiger charge is -2.11. The quantitative estimate of drug-likeness (QED) is 0.344. The first kappa shape index (κ1) is 20.0. The van der Waals surface area contributed by atoms with Crippen LogP contribution in [0.2, 0.25) is 5.15 Å². The lowest BCUT2D eigenvalue weighted by molar-refractivity contribution is -0.119. The molecule has 28 heavy (non-hydrogen) atoms. The predicted molar refractivity (Wildman–Crippen MR) is 104 cm³/mol. The van der Waals surface area contributed by atoms with Crippen LogP contribution in [0.15, 0.2) is 59.5 Å². The van der Waals surface area contributed by atoms with Gasteiger partial charge in [0.05, 0.1) is 16.8 Å². The summed E-state index contributed by atoms with van der Waals surface area (Å²) in [5.74, 6) is -4.02. The summed E-state index contributed by atoms with van der Waals surface area (Å²) in [4.78, 5) is 28.8. The summed E-state index contributed by atoms with van der Waals surface area (Å²) < 4.78 is 30.3. The number of benzene rings is 2. The molecule has 1 amide bonds. The van der Waals surface area contributed by atoms with Crippen LogP contribution in [0.25, 0.3) is 10.9 Å². The largest absolute Gasteiger partial charge is 0.452 e. The van der Waals surface area contributed by atoms with Crippen LogP contribution >= 0.6 is 23.4 Å². The van der Waals surface area contributed by atoms with E-state index in [4.69, 9.17) is 16.3 Å². The number of fused-ring (bicyclic) bond motifs is 1. The summed E-state index contributed by atoms with van der Waals surface area (Å²) in [5.41, 5.74) is 0.910. The van der Waals surface area contributed by atoms with E-state index in [-0.39, 0.29) is 21.3 Å². The zero-order valence-electron chi connectivity index (χ0n) is 14.2. The van der Waals surface area contributed by atoms with Gasteiger partial charge in [0.1, 0.15) is 5.15 Å². The zero-order valence-corrected chi connectivity index (χ0v) is 15.8. The number of anilines is 1. The Labute approximate surface area is 168 Å². The summed E-state index contributed by atoms with van der Waals surface area (Å²) in [6, 6.07) is 14.4. The zero-order chi connectivity index (χ0) is 20.1. The number of pyridine rings is 1. The van der Waals surface area contributed by atoms with E-state index in [9.17, 15) is 18.4 Å². The van der Waals surface area contributed by atoms with E-state index in [1.54, 1.807) is 36.4 Å². The van der Waals surface area contributed by atoms with Crippen LogP contribution in [0.5, 0.6) is 0 Å². The number of ether oxygens (including phenoxy) is 1. The Morgan fingerprint density at radius 2 is 1.86 bits per heavy atom. The number of carbonyl (C=O) groups is 2. The molecule has 0 fully saturated rings. The molecule has 5 nitrogen and oxygen atoms in total. The topological polar surface area (TPSA) is 68.3 Å². The molecular formula is C19H13ClF2N2O3S. The van der Waals surface area contributed by atoms with E-state index < -0.39 is 24.2 Å². The Morgan fingerprint density at radius 3 is 2.64 bits per heavy atom. The van der Waals surface area contributed by atoms with E-state index in [2.05, 4.69) is 10.3 Å². The van der Waals surface area contributed by atoms with Crippen molar-refractivity contribution in [2.45, 2.75) is 10.7 Å². The van der Waals surface area contributed by atoms with Gasteiger partial charge in [-0.15, -0.1) is 0 Å². The number of rotatable bonds is 6. The van der Waals surface area contributed by atoms with Crippen LogP contribution in [0, 0.1) is 0 Å². The molecule has 0 atom stereocenters. The third-order valence-corrected chi connectivity index (χ3v) is 4.60. The number of hydrogen-bond acceptors (Lipinski definition) is 5. The lowest BCUT2D eigenvalue weighted by Crippen LogP contribution is -2.21. The maximum Gasteiger partial charge on any atom is 0.339 e. The number of nitrogens with zero attached hydrogens (tertiary/aromatic N) is 1. The summed E-state index contributed by atoms with van der Waals surface area (Å²) in [6.07, 6.45) is 0. The highest BCUT2D eigenvalue weighted by atomic mass is 35.5. The van der Waals surface area contributed by atoms with Crippen molar-refractivity contribution in [2.24, 2.45) is 0 Å². The van der Waals surface area contributed by atoms with Crippen molar-refractivity contribution in [3.8, 4) is 0 Å². The van der Waals surface area contributed by atoms with Crippen LogP contribution in [-0.2, 0) is 9.53 Å². The first-order chi connectivity index (χ1) is 13.4. The van der Waals surface area contributed by atoms with E-state index in [1.807, 2.05) is 0 Å². The Morgan fingerprint density at radius 1 is 1.14 bits per heavy atom. The number of carbonyl (C=O) groups excluding carboxylic acids is 2. The molecule has 0 aliphatic heterocycles. The smallest absolute Gasteiger partial charge is 0.339 e. The van der Waals surface area contributed by atoms with Crippen LogP contribution in [-0.4, -0.2) is 29.2 Å². The van der Waals surface area contributed by atoms with Gasteiger partial charge >= 0.3 is 5.97 Å². The van der Waals surface area contributed by atoms with Gasteiger partial charge in [0.15, 0.2) is 6.61 Å². The second kappa shape index (κ2) is 8.99. The van der Waals surface area contributed by atoms with Crippen LogP contribution < -0.4 is 5.32 Å². The number of aromatic nitrogens is 1. The highest BCUT2D eigenvalue weighted by molar-refractivity contribution is 7.99. The van der Waals surface area contributed by atoms with Gasteiger partial charge in [-0.2, -0.15) is 8.78 Å². The monoisotopic (exact) mass is 422 g/mol. The highest BCUT2D eigenvalue weighted by Gasteiger charge is 2.16. The minimum atomic E-state index is -2.62. The Balaban J connectivity index is 1.68. The molecule has 0 aliphatic carbocycles. The molecule has 0 aliphatic rings. The number of nitrogens with one attached hydrogen (secondary N) is 1. The summed E-state index contributed by atoms with van der Waals surface area (Å²) in [5, 5.41) is 3.12. The third kappa shape index (κ3) is 4.96. The van der Waals surface area contributed by atoms with Gasteiger partial charge < -0.3 is 10.1 Å². The van der Waals surface area contributed by atoms with Crippen molar-refractivity contribution in [1.82, 2.24) is 4.98 Å². The minimum Gasteiger partial charge on any atom is -0.452 e. The molecule has 2 aromatic carbocycles. The van der Waals surface area contributed by atoms with Gasteiger partial charge in [0, 0.05) is 10.3 Å². The Kier molecular flexibility index (Phi) is 6.43. The molecule has 3 rings (SSSR count). The third-order valence-electron chi connectivity index (χ3n) is 3.62. The van der Waals surface area contributed by atoms with Crippen molar-refractivity contribution >= 4 is 51.8 Å². The Bertz CT molecular complexity index is 1030. The van der Waals surface area contributed by atoms with Crippen molar-refractivity contribution in [2.75, 3.05) is 11.9 Å². The van der Waals surface area contributed by atoms with Crippen molar-refractivity contribution in [3.63, 3.8) is 0 Å². The molecule has 144 valence electrons. The van der Waals surface area contributed by atoms with Gasteiger partial charge in [0.2, 0.25) is 0 Å². The predicted octanol–water partition coefficient (Wildman–Crippen LogP) is 5.00. The first-order valence-corrected chi connectivity index (χ1v) is 9.26. The second-order valence-electron chi connectivity index (χ2n) is 5.51. The second-order valence-corrected chi connectivity index (χ2v) is 6.93. The van der Waals surface area contributed by atoms with Crippen LogP contribution in [0.3, 0.4) is 0 Å². The summed E-state index contributed by atoms with van der Waals surface area (Å²) >= 11 is 6.25. The molecule has 0 bridgehead atoms. The maximum atomic E-state index is 12.6. The van der Waals surface area contributed by atoms with E-state index in [0.29, 0.717) is 22.7 Å². The van der Waals surface area contributed by atoms with Gasteiger partial charge in [-0.1, -0.05) is 53.7 Å². The fourth-order valence-electron chi connectivity index (χ4n) is 2.48. The number of para-hydroxylation sites is 2. The van der Waals surface area contributed by atoms with Gasteiger partial charge in [-0.05, 0) is 24.3 Å². The van der Waals surface area contributed by atoms with Crippen LogP contribution in [0.4, 0.5) is 14.5 Å². The van der Waals surface area contributed by atoms with Crippen molar-refractivity contribution in [1.29, 1.82) is 0 Å². The number of alkyl halides is 2. The molecule has 0 spiro atoms. The molecule has 0 saturated heterocycles. The number of amides is 1. The lowest BCUT2D eigenvalue weighted by atomic mass is 10.1. The van der Waals surface area contributed by atoms with Crippen molar-refractivity contribution < 1.29 is 23.1 Å². The molecule has 1 N–H and O–H groups in total. The fourth-order valence-corrected chi connectivity index (χ4v) is 3.27. The van der Waals surface area contributed by atoms with Crippen LogP contribution in [0.1, 0.15) is 10.4 Å². The van der Waals surface area contributed by atoms with Gasteiger partial charge in [0.25, 0.3) is 11.7 Å². The molecule has 9 heteroatoms. The van der Waals surface area contributed by atoms with Gasteiger partial charge in [-0.25, -0.2) is 9.78 Å². The van der Waals surface area contributed by atoms with E-state index >= 15 is 0 Å². The standard InChI is InChI=1S/C19H13ClF2N2O3S/c20-16-9-12(11-5-1-2-6-13(11)23-16)18(26)27-10-17(25)24-14-7-3-4-8-15(14)28-19(21)22/h1-9,19H,10H2,(H,24,25). The molecule has 1 heterocycles. The summed E-state index contributed by atoms with van der Waals surface area (Å²) in [7, 11) is 0. The van der Waals surface area contributed by atoms with E-state index in [1.165, 1.54) is 18.2 Å². The molecule has 1 aromatic heterocycles.